The van der Waals surface area contributed by atoms with Crippen molar-refractivity contribution in [2.24, 2.45) is 0 Å². The Morgan fingerprint density at radius 2 is 1.53 bits per heavy atom. The maximum atomic E-state index is 13.3. The molecule has 0 radical (unpaired) electrons. The number of benzene rings is 2. The van der Waals surface area contributed by atoms with Crippen molar-refractivity contribution >= 4 is 37.6 Å². The molecule has 0 spiro atoms. The van der Waals surface area contributed by atoms with Gasteiger partial charge in [-0.1, -0.05) is 15.9 Å². The molecule has 0 bridgehead atoms. The number of rotatable bonds is 2. The zero-order chi connectivity index (χ0) is 12.4. The Morgan fingerprint density at radius 3 is 2.12 bits per heavy atom. The van der Waals surface area contributed by atoms with Crippen molar-refractivity contribution in [1.29, 1.82) is 0 Å². The van der Waals surface area contributed by atoms with Crippen molar-refractivity contribution in [2.45, 2.75) is 0 Å². The first kappa shape index (κ1) is 12.5. The molecule has 0 aliphatic carbocycles. The van der Waals surface area contributed by atoms with Crippen molar-refractivity contribution in [3.63, 3.8) is 0 Å². The highest BCUT2D eigenvalue weighted by Crippen LogP contribution is 2.19. The van der Waals surface area contributed by atoms with Crippen LogP contribution in [0.2, 0.25) is 0 Å². The molecule has 0 aliphatic rings. The van der Waals surface area contributed by atoms with E-state index < -0.39 is 5.82 Å². The van der Waals surface area contributed by atoms with E-state index in [1.165, 1.54) is 12.1 Å². The van der Waals surface area contributed by atoms with E-state index in [9.17, 15) is 9.18 Å². The quantitative estimate of drug-likeness (QED) is 0.719. The molecular formula is C13H7Br2FO. The summed E-state index contributed by atoms with van der Waals surface area (Å²) in [5.41, 5.74) is 0.878. The molecule has 4 heteroatoms. The van der Waals surface area contributed by atoms with E-state index in [1.54, 1.807) is 30.3 Å². The third kappa shape index (κ3) is 2.82. The second-order valence-electron chi connectivity index (χ2n) is 3.46. The topological polar surface area (TPSA) is 17.1 Å². The van der Waals surface area contributed by atoms with Crippen LogP contribution >= 0.6 is 31.9 Å². The molecule has 0 aromatic heterocycles. The summed E-state index contributed by atoms with van der Waals surface area (Å²) < 4.78 is 14.6. The summed E-state index contributed by atoms with van der Waals surface area (Å²) in [5.74, 6) is -0.628. The zero-order valence-electron chi connectivity index (χ0n) is 8.58. The van der Waals surface area contributed by atoms with Crippen molar-refractivity contribution in [3.8, 4) is 0 Å². The molecule has 0 saturated carbocycles. The lowest BCUT2D eigenvalue weighted by molar-refractivity contribution is 0.103. The molecule has 2 rings (SSSR count). The fraction of sp³-hybridized carbons (Fsp3) is 0. The molecule has 2 aromatic rings. The molecule has 2 aromatic carbocycles. The highest BCUT2D eigenvalue weighted by molar-refractivity contribution is 9.10. The Labute approximate surface area is 115 Å². The molecular weight excluding hydrogens is 351 g/mol. The minimum Gasteiger partial charge on any atom is -0.289 e. The van der Waals surface area contributed by atoms with Gasteiger partial charge in [0.1, 0.15) is 5.82 Å². The SMILES string of the molecule is O=C(c1ccc(Br)cc1)c1ccc(Br)c(F)c1. The largest absolute Gasteiger partial charge is 0.289 e. The third-order valence-corrected chi connectivity index (χ3v) is 3.46. The van der Waals surface area contributed by atoms with E-state index in [2.05, 4.69) is 31.9 Å². The van der Waals surface area contributed by atoms with Crippen molar-refractivity contribution in [3.05, 3.63) is 68.4 Å². The minimum absolute atomic E-state index is 0.191. The van der Waals surface area contributed by atoms with Gasteiger partial charge >= 0.3 is 0 Å². The first-order valence-corrected chi connectivity index (χ1v) is 6.42. The number of hydrogen-bond donors (Lipinski definition) is 0. The minimum atomic E-state index is -0.437. The maximum absolute atomic E-state index is 13.3. The number of carbonyl (C=O) groups is 1. The number of ketones is 1. The van der Waals surface area contributed by atoms with Gasteiger partial charge in [0.25, 0.3) is 0 Å². The summed E-state index contributed by atoms with van der Waals surface area (Å²) in [4.78, 5) is 12.0. The van der Waals surface area contributed by atoms with Gasteiger partial charge in [0.15, 0.2) is 5.78 Å². The Bertz CT molecular complexity index is 564. The molecule has 0 unspecified atom stereocenters. The Balaban J connectivity index is 2.37. The monoisotopic (exact) mass is 356 g/mol. The average molecular weight is 358 g/mol. The van der Waals surface area contributed by atoms with Crippen LogP contribution in [0.25, 0.3) is 0 Å². The van der Waals surface area contributed by atoms with Crippen molar-refractivity contribution in [1.82, 2.24) is 0 Å². The van der Waals surface area contributed by atoms with Crippen LogP contribution in [0.4, 0.5) is 4.39 Å². The predicted molar refractivity (Wildman–Crippen MR) is 71.7 cm³/mol. The van der Waals surface area contributed by atoms with Crippen molar-refractivity contribution in [2.75, 3.05) is 0 Å². The molecule has 0 atom stereocenters. The summed E-state index contributed by atoms with van der Waals surface area (Å²) in [6.07, 6.45) is 0. The lowest BCUT2D eigenvalue weighted by Gasteiger charge is -2.02. The summed E-state index contributed by atoms with van der Waals surface area (Å²) in [6.45, 7) is 0. The third-order valence-electron chi connectivity index (χ3n) is 2.29. The van der Waals surface area contributed by atoms with Crippen LogP contribution in [0.15, 0.2) is 51.4 Å². The smallest absolute Gasteiger partial charge is 0.193 e. The molecule has 0 aliphatic heterocycles. The number of carbonyl (C=O) groups excluding carboxylic acids is 1. The lowest BCUT2D eigenvalue weighted by atomic mass is 10.0. The van der Waals surface area contributed by atoms with E-state index in [0.717, 1.165) is 4.47 Å². The number of halogens is 3. The van der Waals surface area contributed by atoms with E-state index in [-0.39, 0.29) is 5.78 Å². The van der Waals surface area contributed by atoms with E-state index in [0.29, 0.717) is 15.6 Å². The predicted octanol–water partition coefficient (Wildman–Crippen LogP) is 4.58. The van der Waals surface area contributed by atoms with Crippen LogP contribution in [-0.2, 0) is 0 Å². The molecule has 1 nitrogen and oxygen atoms in total. The van der Waals surface area contributed by atoms with Crippen LogP contribution in [0.1, 0.15) is 15.9 Å². The molecule has 86 valence electrons. The van der Waals surface area contributed by atoms with Gasteiger partial charge in [-0.2, -0.15) is 0 Å². The molecule has 17 heavy (non-hydrogen) atoms. The first-order valence-electron chi connectivity index (χ1n) is 4.83. The Kier molecular flexibility index (Phi) is 3.74. The second-order valence-corrected chi connectivity index (χ2v) is 5.23. The summed E-state index contributed by atoms with van der Waals surface area (Å²) in [5, 5.41) is 0. The second kappa shape index (κ2) is 5.10. The van der Waals surface area contributed by atoms with E-state index >= 15 is 0 Å². The van der Waals surface area contributed by atoms with E-state index in [1.807, 2.05) is 0 Å². The van der Waals surface area contributed by atoms with Gasteiger partial charge in [0.05, 0.1) is 4.47 Å². The molecule has 0 amide bonds. The normalized spacial score (nSPS) is 10.3. The molecule has 0 N–H and O–H groups in total. The van der Waals surface area contributed by atoms with Gasteiger partial charge in [-0.25, -0.2) is 4.39 Å². The van der Waals surface area contributed by atoms with Crippen LogP contribution in [0, 0.1) is 5.82 Å². The van der Waals surface area contributed by atoms with Gasteiger partial charge in [-0.3, -0.25) is 4.79 Å². The first-order chi connectivity index (χ1) is 8.08. The molecule has 0 saturated heterocycles. The Hall–Kier alpha value is -1.000. The Morgan fingerprint density at radius 1 is 0.941 bits per heavy atom. The van der Waals surface area contributed by atoms with Gasteiger partial charge in [0.2, 0.25) is 0 Å². The van der Waals surface area contributed by atoms with Crippen LogP contribution in [-0.4, -0.2) is 5.78 Å². The molecule has 0 fully saturated rings. The van der Waals surface area contributed by atoms with Crippen LogP contribution in [0.3, 0.4) is 0 Å². The average Bonchev–Trinajstić information content (AvgIpc) is 2.33. The fourth-order valence-corrected chi connectivity index (χ4v) is 1.92. The molecule has 0 heterocycles. The summed E-state index contributed by atoms with van der Waals surface area (Å²) in [7, 11) is 0. The van der Waals surface area contributed by atoms with Crippen molar-refractivity contribution < 1.29 is 9.18 Å². The van der Waals surface area contributed by atoms with Gasteiger partial charge in [-0.15, -0.1) is 0 Å². The van der Waals surface area contributed by atoms with Gasteiger partial charge < -0.3 is 0 Å². The fourth-order valence-electron chi connectivity index (χ4n) is 1.41. The summed E-state index contributed by atoms with van der Waals surface area (Å²) in [6, 6.07) is 11.3. The highest BCUT2D eigenvalue weighted by Gasteiger charge is 2.10. The standard InChI is InChI=1S/C13H7Br2FO/c14-10-4-1-8(2-5-10)13(17)9-3-6-11(15)12(16)7-9/h1-7H. The number of hydrogen-bond acceptors (Lipinski definition) is 1. The van der Waals surface area contributed by atoms with Gasteiger partial charge in [-0.05, 0) is 58.4 Å². The summed E-state index contributed by atoms with van der Waals surface area (Å²) >= 11 is 6.35. The van der Waals surface area contributed by atoms with Gasteiger partial charge in [0, 0.05) is 15.6 Å². The lowest BCUT2D eigenvalue weighted by Crippen LogP contribution is -2.01. The van der Waals surface area contributed by atoms with Crippen LogP contribution < -0.4 is 0 Å². The maximum Gasteiger partial charge on any atom is 0.193 e. The van der Waals surface area contributed by atoms with E-state index in [4.69, 9.17) is 0 Å². The van der Waals surface area contributed by atoms with Crippen LogP contribution in [0.5, 0.6) is 0 Å². The zero-order valence-corrected chi connectivity index (χ0v) is 11.8. The highest BCUT2D eigenvalue weighted by atomic mass is 79.9.